The van der Waals surface area contributed by atoms with Crippen molar-refractivity contribution in [2.24, 2.45) is 0 Å². The third-order valence-electron chi connectivity index (χ3n) is 7.35. The molecule has 38 heavy (non-hydrogen) atoms. The Morgan fingerprint density at radius 1 is 0.921 bits per heavy atom. The molecule has 2 aromatic rings. The van der Waals surface area contributed by atoms with Gasteiger partial charge in [-0.25, -0.2) is 0 Å². The predicted molar refractivity (Wildman–Crippen MR) is 153 cm³/mol. The first-order valence-electron chi connectivity index (χ1n) is 14.1. The van der Waals surface area contributed by atoms with Crippen LogP contribution < -0.4 is 4.74 Å². The van der Waals surface area contributed by atoms with Crippen LogP contribution in [0.4, 0.5) is 0 Å². The third kappa shape index (κ3) is 7.04. The molecular formula is C32H44N2O4. The molecule has 1 N–H and O–H groups in total. The number of Topliss-reactive ketones (excluding diaryl/α,β-unsaturated/α-hetero) is 1. The average Bonchev–Trinajstić information content (AvgIpc) is 3.18. The molecule has 1 fully saturated rings. The Hall–Kier alpha value is -3.12. The molecule has 1 unspecified atom stereocenters. The summed E-state index contributed by atoms with van der Waals surface area (Å²) in [4.78, 5) is 30.8. The number of ether oxygens (including phenoxy) is 1. The van der Waals surface area contributed by atoms with E-state index in [1.54, 1.807) is 36.3 Å². The zero-order valence-corrected chi connectivity index (χ0v) is 23.7. The zero-order chi connectivity index (χ0) is 27.7. The van der Waals surface area contributed by atoms with Crippen LogP contribution >= 0.6 is 0 Å². The van der Waals surface area contributed by atoms with Gasteiger partial charge in [-0.3, -0.25) is 9.59 Å². The normalized spacial score (nSPS) is 17.1. The number of aliphatic hydroxyl groups excluding tert-OH is 1. The van der Waals surface area contributed by atoms with Gasteiger partial charge in [0, 0.05) is 12.1 Å². The minimum Gasteiger partial charge on any atom is -0.507 e. The Balaban J connectivity index is 1.94. The first-order chi connectivity index (χ1) is 18.3. The molecule has 206 valence electrons. The van der Waals surface area contributed by atoms with Crippen molar-refractivity contribution in [2.75, 3.05) is 33.3 Å². The number of hydrogen-bond acceptors (Lipinski definition) is 5. The van der Waals surface area contributed by atoms with Gasteiger partial charge in [-0.1, -0.05) is 64.8 Å². The maximum Gasteiger partial charge on any atom is 0.295 e. The van der Waals surface area contributed by atoms with E-state index in [0.717, 1.165) is 57.3 Å². The number of unbranched alkanes of at least 4 members (excludes halogenated alkanes) is 2. The molecule has 2 aromatic carbocycles. The molecule has 1 amide bonds. The van der Waals surface area contributed by atoms with E-state index in [2.05, 4.69) is 32.6 Å². The maximum atomic E-state index is 13.3. The maximum absolute atomic E-state index is 13.3. The standard InChI is InChI=1S/C32H44N2O4/c1-6-8-19-33(20-9-7-2)21-10-22-34-29(25-13-11-24(12-14-25)23(3)4)28(31(36)32(34)37)30(35)26-15-17-27(38-5)18-16-26/h11-18,23,29,35H,6-10,19-22H2,1-5H3/b30-28-. The molecule has 1 atom stereocenters. The van der Waals surface area contributed by atoms with Crippen molar-refractivity contribution in [2.45, 2.75) is 71.8 Å². The zero-order valence-electron chi connectivity index (χ0n) is 23.7. The minimum absolute atomic E-state index is 0.145. The molecule has 0 aromatic heterocycles. The lowest BCUT2D eigenvalue weighted by Crippen LogP contribution is -2.34. The lowest BCUT2D eigenvalue weighted by Gasteiger charge is -2.27. The van der Waals surface area contributed by atoms with Crippen LogP contribution in [0.5, 0.6) is 5.75 Å². The van der Waals surface area contributed by atoms with E-state index in [4.69, 9.17) is 4.74 Å². The van der Waals surface area contributed by atoms with Crippen molar-refractivity contribution in [3.63, 3.8) is 0 Å². The molecular weight excluding hydrogens is 476 g/mol. The van der Waals surface area contributed by atoms with Crippen LogP contribution in [0.15, 0.2) is 54.1 Å². The molecule has 0 saturated carbocycles. The van der Waals surface area contributed by atoms with Crippen molar-refractivity contribution in [1.29, 1.82) is 0 Å². The predicted octanol–water partition coefficient (Wildman–Crippen LogP) is 6.53. The topological polar surface area (TPSA) is 70.1 Å². The molecule has 1 saturated heterocycles. The number of ketones is 1. The smallest absolute Gasteiger partial charge is 0.295 e. The van der Waals surface area contributed by atoms with Crippen molar-refractivity contribution in [3.05, 3.63) is 70.8 Å². The highest BCUT2D eigenvalue weighted by molar-refractivity contribution is 6.46. The van der Waals surface area contributed by atoms with Crippen LogP contribution in [-0.4, -0.2) is 59.9 Å². The highest BCUT2D eigenvalue weighted by Crippen LogP contribution is 2.40. The van der Waals surface area contributed by atoms with E-state index >= 15 is 0 Å². The van der Waals surface area contributed by atoms with Gasteiger partial charge in [0.15, 0.2) is 0 Å². The van der Waals surface area contributed by atoms with Gasteiger partial charge in [-0.05, 0) is 80.2 Å². The van der Waals surface area contributed by atoms with Gasteiger partial charge in [0.05, 0.1) is 18.7 Å². The number of methoxy groups -OCH3 is 1. The number of rotatable bonds is 14. The quantitative estimate of drug-likeness (QED) is 0.174. The van der Waals surface area contributed by atoms with Gasteiger partial charge >= 0.3 is 0 Å². The number of carbonyl (C=O) groups excluding carboxylic acids is 2. The van der Waals surface area contributed by atoms with E-state index < -0.39 is 17.7 Å². The van der Waals surface area contributed by atoms with Gasteiger partial charge < -0.3 is 19.6 Å². The number of aliphatic hydroxyl groups is 1. The Labute approximate surface area is 228 Å². The van der Waals surface area contributed by atoms with Crippen LogP contribution in [0.2, 0.25) is 0 Å². The van der Waals surface area contributed by atoms with Gasteiger partial charge in [0.25, 0.3) is 11.7 Å². The van der Waals surface area contributed by atoms with Gasteiger partial charge in [0.2, 0.25) is 0 Å². The molecule has 0 spiro atoms. The Bertz CT molecular complexity index is 1080. The summed E-state index contributed by atoms with van der Waals surface area (Å²) in [6, 6.07) is 14.3. The summed E-state index contributed by atoms with van der Waals surface area (Å²) >= 11 is 0. The van der Waals surface area contributed by atoms with Crippen LogP contribution in [0.1, 0.15) is 88.4 Å². The Morgan fingerprint density at radius 3 is 2.03 bits per heavy atom. The van der Waals surface area contributed by atoms with E-state index in [0.29, 0.717) is 23.8 Å². The fourth-order valence-corrected chi connectivity index (χ4v) is 4.99. The van der Waals surface area contributed by atoms with Gasteiger partial charge in [0.1, 0.15) is 11.5 Å². The average molecular weight is 521 g/mol. The van der Waals surface area contributed by atoms with Gasteiger partial charge in [-0.15, -0.1) is 0 Å². The molecule has 0 bridgehead atoms. The number of carbonyl (C=O) groups is 2. The Morgan fingerprint density at radius 2 is 1.50 bits per heavy atom. The summed E-state index contributed by atoms with van der Waals surface area (Å²) in [5.41, 5.74) is 2.64. The number of nitrogens with zero attached hydrogens (tertiary/aromatic N) is 2. The van der Waals surface area contributed by atoms with Crippen LogP contribution in [-0.2, 0) is 9.59 Å². The highest BCUT2D eigenvalue weighted by Gasteiger charge is 2.45. The molecule has 6 nitrogen and oxygen atoms in total. The molecule has 0 aliphatic carbocycles. The fraction of sp³-hybridized carbons (Fsp3) is 0.500. The van der Waals surface area contributed by atoms with Crippen LogP contribution in [0.3, 0.4) is 0 Å². The summed E-state index contributed by atoms with van der Waals surface area (Å²) in [6.45, 7) is 12.1. The molecule has 3 rings (SSSR count). The number of amides is 1. The summed E-state index contributed by atoms with van der Waals surface area (Å²) in [6.07, 6.45) is 5.37. The number of hydrogen-bond donors (Lipinski definition) is 1. The van der Waals surface area contributed by atoms with Crippen molar-refractivity contribution < 1.29 is 19.4 Å². The monoisotopic (exact) mass is 520 g/mol. The van der Waals surface area contributed by atoms with Crippen molar-refractivity contribution >= 4 is 17.4 Å². The molecule has 1 aliphatic rings. The molecule has 6 heteroatoms. The van der Waals surface area contributed by atoms with Crippen molar-refractivity contribution in [1.82, 2.24) is 9.80 Å². The number of benzene rings is 2. The van der Waals surface area contributed by atoms with E-state index in [1.807, 2.05) is 24.3 Å². The molecule has 0 radical (unpaired) electrons. The summed E-state index contributed by atoms with van der Waals surface area (Å²) in [7, 11) is 1.58. The van der Waals surface area contributed by atoms with E-state index in [1.165, 1.54) is 5.56 Å². The SMILES string of the molecule is CCCCN(CCCC)CCCN1C(=O)C(=O)/C(=C(\O)c2ccc(OC)cc2)C1c1ccc(C(C)C)cc1. The van der Waals surface area contributed by atoms with Gasteiger partial charge in [-0.2, -0.15) is 0 Å². The fourth-order valence-electron chi connectivity index (χ4n) is 4.99. The second-order valence-corrected chi connectivity index (χ2v) is 10.4. The Kier molecular flexibility index (Phi) is 11.0. The first kappa shape index (κ1) is 29.4. The minimum atomic E-state index is -0.634. The second kappa shape index (κ2) is 14.1. The second-order valence-electron chi connectivity index (χ2n) is 10.4. The van der Waals surface area contributed by atoms with Crippen molar-refractivity contribution in [3.8, 4) is 5.75 Å². The first-order valence-corrected chi connectivity index (χ1v) is 14.1. The summed E-state index contributed by atoms with van der Waals surface area (Å²) < 4.78 is 5.23. The van der Waals surface area contributed by atoms with E-state index in [-0.39, 0.29) is 11.3 Å². The lowest BCUT2D eigenvalue weighted by molar-refractivity contribution is -0.140. The molecule has 1 aliphatic heterocycles. The van der Waals surface area contributed by atoms with Crippen LogP contribution in [0.25, 0.3) is 5.76 Å². The lowest BCUT2D eigenvalue weighted by atomic mass is 9.93. The largest absolute Gasteiger partial charge is 0.507 e. The number of likely N-dealkylation sites (tertiary alicyclic amines) is 1. The molecule has 1 heterocycles. The summed E-state index contributed by atoms with van der Waals surface area (Å²) in [5, 5.41) is 11.3. The third-order valence-corrected chi connectivity index (χ3v) is 7.35. The van der Waals surface area contributed by atoms with E-state index in [9.17, 15) is 14.7 Å². The summed E-state index contributed by atoms with van der Waals surface area (Å²) in [5.74, 6) is -0.318. The highest BCUT2D eigenvalue weighted by atomic mass is 16.5. The van der Waals surface area contributed by atoms with Crippen LogP contribution in [0, 0.1) is 0 Å².